The maximum Gasteiger partial charge on any atom is 0.356 e. The number of thiazole rings is 1. The van der Waals surface area contributed by atoms with Crippen LogP contribution in [0.5, 0.6) is 0 Å². The van der Waals surface area contributed by atoms with Gasteiger partial charge in [0.05, 0.1) is 17.6 Å². The van der Waals surface area contributed by atoms with Crippen molar-refractivity contribution in [1.29, 1.82) is 0 Å². The quantitative estimate of drug-likeness (QED) is 0.924. The summed E-state index contributed by atoms with van der Waals surface area (Å²) >= 11 is 7.17. The summed E-state index contributed by atoms with van der Waals surface area (Å²) in [5.74, 6) is -0.755. The molecule has 0 spiro atoms. The molecule has 0 aromatic carbocycles. The van der Waals surface area contributed by atoms with E-state index < -0.39 is 5.97 Å². The van der Waals surface area contributed by atoms with Crippen LogP contribution in [0.15, 0.2) is 11.6 Å². The van der Waals surface area contributed by atoms with Gasteiger partial charge in [-0.2, -0.15) is 0 Å². The fraction of sp³-hybridized carbons (Fsp3) is 0.200. The lowest BCUT2D eigenvalue weighted by atomic mass is 10.3. The Morgan fingerprint density at radius 2 is 2.29 bits per heavy atom. The van der Waals surface area contributed by atoms with E-state index in [-0.39, 0.29) is 10.7 Å². The topological polar surface area (TPSA) is 76.0 Å². The Bertz CT molecular complexity index is 570. The third-order valence-corrected chi connectivity index (χ3v) is 3.22. The second-order valence-corrected chi connectivity index (χ2v) is 4.70. The molecule has 0 saturated carbocycles. The average molecular weight is 270 g/mol. The van der Waals surface area contributed by atoms with Gasteiger partial charge in [-0.1, -0.05) is 11.6 Å². The van der Waals surface area contributed by atoms with Crippen molar-refractivity contribution >= 4 is 28.9 Å². The van der Waals surface area contributed by atoms with E-state index in [1.54, 1.807) is 0 Å². The molecule has 1 N–H and O–H groups in total. The van der Waals surface area contributed by atoms with Crippen LogP contribution in [0.4, 0.5) is 0 Å². The number of carboxylic acids is 1. The maximum absolute atomic E-state index is 10.8. The Kier molecular flexibility index (Phi) is 3.35. The van der Waals surface area contributed by atoms with Crippen LogP contribution in [-0.2, 0) is 6.42 Å². The zero-order chi connectivity index (χ0) is 12.4. The lowest BCUT2D eigenvalue weighted by Gasteiger charge is -2.00. The van der Waals surface area contributed by atoms with Crippen LogP contribution in [0.1, 0.15) is 27.0 Å². The number of carboxylic acid groups (broad SMARTS) is 1. The van der Waals surface area contributed by atoms with Gasteiger partial charge in [0.25, 0.3) is 0 Å². The summed E-state index contributed by atoms with van der Waals surface area (Å²) in [5, 5.41) is 11.7. The van der Waals surface area contributed by atoms with Crippen LogP contribution in [0.25, 0.3) is 0 Å². The molecule has 7 heteroatoms. The molecule has 0 fully saturated rings. The second kappa shape index (κ2) is 4.77. The van der Waals surface area contributed by atoms with E-state index in [1.165, 1.54) is 17.5 Å². The minimum absolute atomic E-state index is 0.0385. The predicted molar refractivity (Wildman–Crippen MR) is 63.7 cm³/mol. The summed E-state index contributed by atoms with van der Waals surface area (Å²) < 4.78 is 0. The first-order valence-corrected chi connectivity index (χ1v) is 5.97. The highest BCUT2D eigenvalue weighted by Gasteiger charge is 2.13. The van der Waals surface area contributed by atoms with Crippen LogP contribution >= 0.6 is 22.9 Å². The number of halogens is 1. The van der Waals surface area contributed by atoms with Crippen molar-refractivity contribution in [3.8, 4) is 0 Å². The summed E-state index contributed by atoms with van der Waals surface area (Å²) in [4.78, 5) is 23.0. The SMILES string of the molecule is Cc1csc(Cc2ncc(Cl)c(C(=O)O)n2)n1. The Morgan fingerprint density at radius 1 is 1.53 bits per heavy atom. The molecule has 0 aliphatic heterocycles. The molecule has 2 aromatic rings. The fourth-order valence-corrected chi connectivity index (χ4v) is 2.20. The highest BCUT2D eigenvalue weighted by Crippen LogP contribution is 2.15. The highest BCUT2D eigenvalue weighted by atomic mass is 35.5. The van der Waals surface area contributed by atoms with E-state index in [0.717, 1.165) is 10.7 Å². The number of aromatic carboxylic acids is 1. The molecule has 0 aliphatic carbocycles. The minimum Gasteiger partial charge on any atom is -0.476 e. The Hall–Kier alpha value is -1.53. The van der Waals surface area contributed by atoms with Crippen LogP contribution in [-0.4, -0.2) is 26.0 Å². The van der Waals surface area contributed by atoms with Gasteiger partial charge in [0, 0.05) is 11.1 Å². The van der Waals surface area contributed by atoms with Crippen LogP contribution in [0, 0.1) is 6.92 Å². The number of aromatic nitrogens is 3. The molecular formula is C10H8ClN3O2S. The molecule has 0 saturated heterocycles. The summed E-state index contributed by atoms with van der Waals surface area (Å²) in [6, 6.07) is 0. The number of nitrogens with zero attached hydrogens (tertiary/aromatic N) is 3. The van der Waals surface area contributed by atoms with Crippen molar-refractivity contribution in [2.45, 2.75) is 13.3 Å². The molecule has 17 heavy (non-hydrogen) atoms. The van der Waals surface area contributed by atoms with Crippen molar-refractivity contribution in [3.05, 3.63) is 38.8 Å². The zero-order valence-corrected chi connectivity index (χ0v) is 10.4. The molecule has 0 radical (unpaired) electrons. The third-order valence-electron chi connectivity index (χ3n) is 1.97. The van der Waals surface area contributed by atoms with Crippen LogP contribution in [0.3, 0.4) is 0 Å². The van der Waals surface area contributed by atoms with Crippen molar-refractivity contribution in [3.63, 3.8) is 0 Å². The molecule has 0 atom stereocenters. The number of aryl methyl sites for hydroxylation is 1. The largest absolute Gasteiger partial charge is 0.476 e. The molecule has 0 unspecified atom stereocenters. The fourth-order valence-electron chi connectivity index (χ4n) is 1.26. The van der Waals surface area contributed by atoms with Crippen molar-refractivity contribution in [2.24, 2.45) is 0 Å². The lowest BCUT2D eigenvalue weighted by Crippen LogP contribution is -2.06. The average Bonchev–Trinajstić information content (AvgIpc) is 2.66. The predicted octanol–water partition coefficient (Wildman–Crippen LogP) is 2.18. The Morgan fingerprint density at radius 3 is 2.88 bits per heavy atom. The molecule has 2 heterocycles. The van der Waals surface area contributed by atoms with Crippen molar-refractivity contribution in [2.75, 3.05) is 0 Å². The van der Waals surface area contributed by atoms with Crippen LogP contribution in [0.2, 0.25) is 5.02 Å². The highest BCUT2D eigenvalue weighted by molar-refractivity contribution is 7.09. The number of carbonyl (C=O) groups is 1. The third kappa shape index (κ3) is 2.78. The van der Waals surface area contributed by atoms with Crippen LogP contribution < -0.4 is 0 Å². The van der Waals surface area contributed by atoms with Gasteiger partial charge < -0.3 is 5.11 Å². The maximum atomic E-state index is 10.8. The summed E-state index contributed by atoms with van der Waals surface area (Å²) in [5.41, 5.74) is 0.752. The standard InChI is InChI=1S/C10H8ClN3O2S/c1-5-4-17-8(13-5)2-7-12-3-6(11)9(14-7)10(15)16/h3-4H,2H2,1H3,(H,15,16). The Labute approximate surface area is 106 Å². The van der Waals surface area contributed by atoms with Crippen molar-refractivity contribution < 1.29 is 9.90 Å². The van der Waals surface area contributed by atoms with Gasteiger partial charge in [0.1, 0.15) is 10.8 Å². The van der Waals surface area contributed by atoms with Gasteiger partial charge in [-0.3, -0.25) is 0 Å². The van der Waals surface area contributed by atoms with Crippen molar-refractivity contribution in [1.82, 2.24) is 15.0 Å². The van der Waals surface area contributed by atoms with E-state index in [2.05, 4.69) is 15.0 Å². The van der Waals surface area contributed by atoms with Gasteiger partial charge in [-0.15, -0.1) is 11.3 Å². The monoisotopic (exact) mass is 269 g/mol. The van der Waals surface area contributed by atoms with E-state index in [4.69, 9.17) is 16.7 Å². The molecule has 0 aliphatic rings. The number of hydrogen-bond donors (Lipinski definition) is 1. The lowest BCUT2D eigenvalue weighted by molar-refractivity contribution is 0.0690. The Balaban J connectivity index is 2.28. The summed E-state index contributed by atoms with van der Waals surface area (Å²) in [6.45, 7) is 1.89. The minimum atomic E-state index is -1.16. The number of hydrogen-bond acceptors (Lipinski definition) is 5. The molecule has 0 bridgehead atoms. The second-order valence-electron chi connectivity index (χ2n) is 3.35. The van der Waals surface area contributed by atoms with Gasteiger partial charge in [0.15, 0.2) is 5.69 Å². The van der Waals surface area contributed by atoms with Gasteiger partial charge in [-0.25, -0.2) is 19.7 Å². The first-order chi connectivity index (χ1) is 8.06. The first kappa shape index (κ1) is 11.9. The van der Waals surface area contributed by atoms with Gasteiger partial charge in [0.2, 0.25) is 0 Å². The molecule has 2 rings (SSSR count). The molecular weight excluding hydrogens is 262 g/mol. The summed E-state index contributed by atoms with van der Waals surface area (Å²) in [6.07, 6.45) is 1.71. The smallest absolute Gasteiger partial charge is 0.356 e. The molecule has 5 nitrogen and oxygen atoms in total. The van der Waals surface area contributed by atoms with E-state index in [0.29, 0.717) is 12.2 Å². The van der Waals surface area contributed by atoms with E-state index >= 15 is 0 Å². The zero-order valence-electron chi connectivity index (χ0n) is 8.85. The van der Waals surface area contributed by atoms with Gasteiger partial charge >= 0.3 is 5.97 Å². The number of rotatable bonds is 3. The normalized spacial score (nSPS) is 10.5. The van der Waals surface area contributed by atoms with Gasteiger partial charge in [-0.05, 0) is 6.92 Å². The van der Waals surface area contributed by atoms with E-state index in [9.17, 15) is 4.79 Å². The molecule has 0 amide bonds. The molecule has 2 aromatic heterocycles. The molecule has 88 valence electrons. The first-order valence-electron chi connectivity index (χ1n) is 4.72. The van der Waals surface area contributed by atoms with E-state index in [1.807, 2.05) is 12.3 Å². The summed E-state index contributed by atoms with van der Waals surface area (Å²) in [7, 11) is 0.